The molecule has 0 radical (unpaired) electrons. The first-order chi connectivity index (χ1) is 10.2. The lowest BCUT2D eigenvalue weighted by atomic mass is 9.97. The fourth-order valence-corrected chi connectivity index (χ4v) is 2.94. The fraction of sp³-hybridized carbons (Fsp3) is 0.500. The van der Waals surface area contributed by atoms with Crippen molar-refractivity contribution in [2.75, 3.05) is 6.54 Å². The van der Waals surface area contributed by atoms with Crippen LogP contribution in [0.3, 0.4) is 0 Å². The minimum absolute atomic E-state index is 0.156. The average Bonchev–Trinajstić information content (AvgIpc) is 2.49. The van der Waals surface area contributed by atoms with Crippen LogP contribution in [0.5, 0.6) is 0 Å². The summed E-state index contributed by atoms with van der Waals surface area (Å²) in [7, 11) is 0. The third-order valence-corrected chi connectivity index (χ3v) is 4.18. The quantitative estimate of drug-likeness (QED) is 0.815. The summed E-state index contributed by atoms with van der Waals surface area (Å²) in [6, 6.07) is 11.4. The molecule has 0 aromatic heterocycles. The van der Waals surface area contributed by atoms with Crippen LogP contribution in [0.2, 0.25) is 0 Å². The Morgan fingerprint density at radius 1 is 1.43 bits per heavy atom. The number of carbonyl (C=O) groups excluding carboxylic acids is 1. The summed E-state index contributed by atoms with van der Waals surface area (Å²) in [5, 5.41) is 3.16. The molecule has 0 unspecified atom stereocenters. The molecule has 3 nitrogen and oxygen atoms in total. The number of hydrogen-bond acceptors (Lipinski definition) is 2. The number of benzene rings is 1. The third kappa shape index (κ3) is 5.01. The van der Waals surface area contributed by atoms with E-state index in [0.717, 1.165) is 32.4 Å². The molecule has 0 bridgehead atoms. The SMILES string of the molecule is C=CCCC(=O)N[C@H]1CCN(Cc2ccccc2)[C@H](C)C1. The van der Waals surface area contributed by atoms with Gasteiger partial charge in [-0.05, 0) is 31.7 Å². The smallest absolute Gasteiger partial charge is 0.220 e. The van der Waals surface area contributed by atoms with Crippen molar-refractivity contribution in [2.24, 2.45) is 0 Å². The number of carbonyl (C=O) groups is 1. The molecule has 1 saturated heterocycles. The molecule has 1 amide bonds. The number of likely N-dealkylation sites (tertiary alicyclic amines) is 1. The first kappa shape index (κ1) is 15.8. The second-order valence-corrected chi connectivity index (χ2v) is 5.92. The molecule has 1 aromatic rings. The molecule has 1 aliphatic rings. The van der Waals surface area contributed by atoms with Crippen LogP contribution in [0.4, 0.5) is 0 Å². The van der Waals surface area contributed by atoms with E-state index in [1.165, 1.54) is 5.56 Å². The van der Waals surface area contributed by atoms with E-state index in [2.05, 4.69) is 54.1 Å². The fourth-order valence-electron chi connectivity index (χ4n) is 2.94. The number of rotatable bonds is 6. The lowest BCUT2D eigenvalue weighted by Gasteiger charge is -2.38. The molecule has 114 valence electrons. The standard InChI is InChI=1S/C18H26N2O/c1-3-4-10-18(21)19-17-11-12-20(15(2)13-17)14-16-8-6-5-7-9-16/h3,5-9,15,17H,1,4,10-14H2,2H3,(H,19,21)/t15-,17+/m1/s1. The van der Waals surface area contributed by atoms with Crippen molar-refractivity contribution >= 4 is 5.91 Å². The first-order valence-corrected chi connectivity index (χ1v) is 7.87. The molecule has 0 spiro atoms. The number of hydrogen-bond donors (Lipinski definition) is 1. The zero-order valence-corrected chi connectivity index (χ0v) is 12.9. The molecule has 1 aliphatic heterocycles. The predicted molar refractivity (Wildman–Crippen MR) is 86.9 cm³/mol. The second kappa shape index (κ2) is 7.99. The Hall–Kier alpha value is -1.61. The molecule has 2 atom stereocenters. The van der Waals surface area contributed by atoms with Gasteiger partial charge in [0, 0.05) is 31.6 Å². The number of nitrogens with one attached hydrogen (secondary N) is 1. The molecular weight excluding hydrogens is 260 g/mol. The zero-order chi connectivity index (χ0) is 15.1. The van der Waals surface area contributed by atoms with Gasteiger partial charge in [-0.3, -0.25) is 9.69 Å². The van der Waals surface area contributed by atoms with Gasteiger partial charge in [-0.15, -0.1) is 6.58 Å². The summed E-state index contributed by atoms with van der Waals surface area (Å²) in [4.78, 5) is 14.3. The highest BCUT2D eigenvalue weighted by Crippen LogP contribution is 2.20. The lowest BCUT2D eigenvalue weighted by molar-refractivity contribution is -0.122. The van der Waals surface area contributed by atoms with E-state index < -0.39 is 0 Å². The Labute approximate surface area is 128 Å². The van der Waals surface area contributed by atoms with Crippen molar-refractivity contribution in [1.29, 1.82) is 0 Å². The van der Waals surface area contributed by atoms with Crippen LogP contribution in [-0.4, -0.2) is 29.4 Å². The Balaban J connectivity index is 1.79. The Bertz CT molecular complexity index is 458. The number of piperidine rings is 1. The minimum atomic E-state index is 0.156. The summed E-state index contributed by atoms with van der Waals surface area (Å²) in [5.74, 6) is 0.156. The number of nitrogens with zero attached hydrogens (tertiary/aromatic N) is 1. The normalized spacial score (nSPS) is 22.7. The van der Waals surface area contributed by atoms with Gasteiger partial charge in [0.15, 0.2) is 0 Å². The predicted octanol–water partition coefficient (Wildman–Crippen LogP) is 3.12. The molecule has 3 heteroatoms. The van der Waals surface area contributed by atoms with Gasteiger partial charge < -0.3 is 5.32 Å². The maximum atomic E-state index is 11.8. The van der Waals surface area contributed by atoms with Gasteiger partial charge in [0.05, 0.1) is 0 Å². The first-order valence-electron chi connectivity index (χ1n) is 7.87. The van der Waals surface area contributed by atoms with Crippen LogP contribution in [-0.2, 0) is 11.3 Å². The van der Waals surface area contributed by atoms with E-state index in [0.29, 0.717) is 18.5 Å². The van der Waals surface area contributed by atoms with E-state index >= 15 is 0 Å². The molecular formula is C18H26N2O. The molecule has 1 fully saturated rings. The summed E-state index contributed by atoms with van der Waals surface area (Å²) in [6.07, 6.45) is 5.19. The number of amides is 1. The molecule has 2 rings (SSSR count). The highest BCUT2D eigenvalue weighted by Gasteiger charge is 2.26. The molecule has 21 heavy (non-hydrogen) atoms. The van der Waals surface area contributed by atoms with E-state index in [1.807, 2.05) is 0 Å². The van der Waals surface area contributed by atoms with Gasteiger partial charge in [-0.25, -0.2) is 0 Å². The summed E-state index contributed by atoms with van der Waals surface area (Å²) in [6.45, 7) is 7.95. The van der Waals surface area contributed by atoms with Crippen molar-refractivity contribution in [2.45, 2.75) is 51.2 Å². The molecule has 1 N–H and O–H groups in total. The summed E-state index contributed by atoms with van der Waals surface area (Å²) in [5.41, 5.74) is 1.36. The van der Waals surface area contributed by atoms with Crippen molar-refractivity contribution in [3.8, 4) is 0 Å². The van der Waals surface area contributed by atoms with Crippen LogP contribution in [0.15, 0.2) is 43.0 Å². The van der Waals surface area contributed by atoms with Crippen molar-refractivity contribution in [1.82, 2.24) is 10.2 Å². The average molecular weight is 286 g/mol. The van der Waals surface area contributed by atoms with E-state index in [-0.39, 0.29) is 5.91 Å². The Morgan fingerprint density at radius 3 is 2.86 bits per heavy atom. The van der Waals surface area contributed by atoms with Gasteiger partial charge in [0.25, 0.3) is 0 Å². The monoisotopic (exact) mass is 286 g/mol. The zero-order valence-electron chi connectivity index (χ0n) is 12.9. The van der Waals surface area contributed by atoms with Crippen LogP contribution in [0, 0.1) is 0 Å². The van der Waals surface area contributed by atoms with Gasteiger partial charge in [-0.1, -0.05) is 36.4 Å². The molecule has 1 heterocycles. The van der Waals surface area contributed by atoms with Crippen LogP contribution < -0.4 is 5.32 Å². The largest absolute Gasteiger partial charge is 0.353 e. The van der Waals surface area contributed by atoms with Crippen LogP contribution in [0.25, 0.3) is 0 Å². The second-order valence-electron chi connectivity index (χ2n) is 5.92. The van der Waals surface area contributed by atoms with Gasteiger partial charge >= 0.3 is 0 Å². The minimum Gasteiger partial charge on any atom is -0.353 e. The van der Waals surface area contributed by atoms with Gasteiger partial charge in [0.1, 0.15) is 0 Å². The molecule has 1 aromatic carbocycles. The van der Waals surface area contributed by atoms with E-state index in [9.17, 15) is 4.79 Å². The highest BCUT2D eigenvalue weighted by atomic mass is 16.1. The van der Waals surface area contributed by atoms with Crippen LogP contribution in [0.1, 0.15) is 38.2 Å². The van der Waals surface area contributed by atoms with Crippen molar-refractivity contribution in [3.63, 3.8) is 0 Å². The summed E-state index contributed by atoms with van der Waals surface area (Å²) >= 11 is 0. The summed E-state index contributed by atoms with van der Waals surface area (Å²) < 4.78 is 0. The van der Waals surface area contributed by atoms with Gasteiger partial charge in [0.2, 0.25) is 5.91 Å². The van der Waals surface area contributed by atoms with Crippen molar-refractivity contribution < 1.29 is 4.79 Å². The molecule has 0 aliphatic carbocycles. The van der Waals surface area contributed by atoms with Gasteiger partial charge in [-0.2, -0.15) is 0 Å². The Morgan fingerprint density at radius 2 is 2.19 bits per heavy atom. The van der Waals surface area contributed by atoms with E-state index in [1.54, 1.807) is 6.08 Å². The number of allylic oxidation sites excluding steroid dienone is 1. The lowest BCUT2D eigenvalue weighted by Crippen LogP contribution is -2.48. The van der Waals surface area contributed by atoms with Crippen molar-refractivity contribution in [3.05, 3.63) is 48.6 Å². The topological polar surface area (TPSA) is 32.3 Å². The third-order valence-electron chi connectivity index (χ3n) is 4.18. The highest BCUT2D eigenvalue weighted by molar-refractivity contribution is 5.76. The maximum absolute atomic E-state index is 11.8. The maximum Gasteiger partial charge on any atom is 0.220 e. The Kier molecular flexibility index (Phi) is 6.00. The van der Waals surface area contributed by atoms with Crippen LogP contribution >= 0.6 is 0 Å². The van der Waals surface area contributed by atoms with E-state index in [4.69, 9.17) is 0 Å². The molecule has 0 saturated carbocycles.